The van der Waals surface area contributed by atoms with Gasteiger partial charge in [-0.25, -0.2) is 9.97 Å². The van der Waals surface area contributed by atoms with Crippen molar-refractivity contribution in [2.24, 2.45) is 0 Å². The van der Waals surface area contributed by atoms with E-state index in [1.165, 1.54) is 0 Å². The van der Waals surface area contributed by atoms with Gasteiger partial charge in [-0.15, -0.1) is 0 Å². The Kier molecular flexibility index (Phi) is 3.65. The van der Waals surface area contributed by atoms with Crippen LogP contribution < -0.4 is 5.73 Å². The SMILES string of the molecule is CCCCn1c(-c2ccccc2)nc2c(N)nc3ccccc3c21. The molecule has 0 unspecified atom stereocenters. The van der Waals surface area contributed by atoms with Crippen molar-refractivity contribution >= 4 is 27.8 Å². The summed E-state index contributed by atoms with van der Waals surface area (Å²) in [4.78, 5) is 9.40. The molecule has 0 bridgehead atoms. The van der Waals surface area contributed by atoms with E-state index in [9.17, 15) is 0 Å². The normalized spacial score (nSPS) is 11.4. The number of hydrogen-bond donors (Lipinski definition) is 1. The topological polar surface area (TPSA) is 56.7 Å². The van der Waals surface area contributed by atoms with Crippen molar-refractivity contribution in [1.82, 2.24) is 14.5 Å². The van der Waals surface area contributed by atoms with Crippen molar-refractivity contribution in [2.75, 3.05) is 5.73 Å². The van der Waals surface area contributed by atoms with Crippen molar-refractivity contribution < 1.29 is 0 Å². The summed E-state index contributed by atoms with van der Waals surface area (Å²) in [5.74, 6) is 1.46. The molecule has 24 heavy (non-hydrogen) atoms. The summed E-state index contributed by atoms with van der Waals surface area (Å²) in [7, 11) is 0. The lowest BCUT2D eigenvalue weighted by Crippen LogP contribution is -2.01. The molecule has 4 heteroatoms. The number of imidazole rings is 1. The summed E-state index contributed by atoms with van der Waals surface area (Å²) >= 11 is 0. The summed E-state index contributed by atoms with van der Waals surface area (Å²) in [6, 6.07) is 18.4. The fourth-order valence-corrected chi connectivity index (χ4v) is 3.20. The molecule has 0 saturated carbocycles. The van der Waals surface area contributed by atoms with E-state index >= 15 is 0 Å². The van der Waals surface area contributed by atoms with E-state index in [0.717, 1.165) is 52.7 Å². The number of hydrogen-bond acceptors (Lipinski definition) is 3. The molecule has 0 radical (unpaired) electrons. The monoisotopic (exact) mass is 316 g/mol. The lowest BCUT2D eigenvalue weighted by Gasteiger charge is -2.10. The van der Waals surface area contributed by atoms with Gasteiger partial charge in [0.25, 0.3) is 0 Å². The summed E-state index contributed by atoms with van der Waals surface area (Å²) in [5.41, 5.74) is 10.1. The summed E-state index contributed by atoms with van der Waals surface area (Å²) < 4.78 is 2.30. The van der Waals surface area contributed by atoms with Crippen LogP contribution in [-0.2, 0) is 6.54 Å². The average molecular weight is 316 g/mol. The molecule has 4 nitrogen and oxygen atoms in total. The Balaban J connectivity index is 2.09. The number of nitrogen functional groups attached to an aromatic ring is 1. The highest BCUT2D eigenvalue weighted by molar-refractivity contribution is 6.07. The van der Waals surface area contributed by atoms with Crippen LogP contribution >= 0.6 is 0 Å². The van der Waals surface area contributed by atoms with Crippen molar-refractivity contribution in [1.29, 1.82) is 0 Å². The zero-order valence-corrected chi connectivity index (χ0v) is 13.7. The number of benzene rings is 2. The molecule has 2 aromatic carbocycles. The van der Waals surface area contributed by atoms with Gasteiger partial charge in [0.1, 0.15) is 11.3 Å². The largest absolute Gasteiger partial charge is 0.382 e. The van der Waals surface area contributed by atoms with Crippen LogP contribution in [0, 0.1) is 0 Å². The number of unbranched alkanes of at least 4 members (excludes halogenated alkanes) is 1. The maximum atomic E-state index is 6.22. The van der Waals surface area contributed by atoms with E-state index in [1.54, 1.807) is 0 Å². The maximum Gasteiger partial charge on any atom is 0.152 e. The number of para-hydroxylation sites is 1. The van der Waals surface area contributed by atoms with Crippen LogP contribution in [-0.4, -0.2) is 14.5 Å². The van der Waals surface area contributed by atoms with Crippen molar-refractivity contribution in [3.05, 3.63) is 54.6 Å². The molecule has 0 amide bonds. The smallest absolute Gasteiger partial charge is 0.152 e. The molecular formula is C20H20N4. The Hall–Kier alpha value is -2.88. The Morgan fingerprint density at radius 2 is 1.71 bits per heavy atom. The zero-order chi connectivity index (χ0) is 16.5. The second-order valence-corrected chi connectivity index (χ2v) is 6.02. The van der Waals surface area contributed by atoms with Gasteiger partial charge in [-0.1, -0.05) is 61.9 Å². The predicted octanol–water partition coefficient (Wildman–Crippen LogP) is 4.63. The summed E-state index contributed by atoms with van der Waals surface area (Å²) in [6.07, 6.45) is 2.23. The highest BCUT2D eigenvalue weighted by Gasteiger charge is 2.17. The van der Waals surface area contributed by atoms with Gasteiger partial charge in [-0.3, -0.25) is 0 Å². The lowest BCUT2D eigenvalue weighted by atomic mass is 10.1. The van der Waals surface area contributed by atoms with Gasteiger partial charge in [0.15, 0.2) is 5.82 Å². The third-order valence-electron chi connectivity index (χ3n) is 4.38. The van der Waals surface area contributed by atoms with E-state index in [1.807, 2.05) is 36.4 Å². The van der Waals surface area contributed by atoms with Crippen LogP contribution in [0.15, 0.2) is 54.6 Å². The van der Waals surface area contributed by atoms with Crippen molar-refractivity contribution in [3.63, 3.8) is 0 Å². The molecule has 120 valence electrons. The van der Waals surface area contributed by atoms with Crippen LogP contribution in [0.4, 0.5) is 5.82 Å². The van der Waals surface area contributed by atoms with Gasteiger partial charge in [-0.2, -0.15) is 0 Å². The molecule has 0 saturated heterocycles. The quantitative estimate of drug-likeness (QED) is 0.597. The van der Waals surface area contributed by atoms with E-state index in [-0.39, 0.29) is 0 Å². The fourth-order valence-electron chi connectivity index (χ4n) is 3.20. The van der Waals surface area contributed by atoms with E-state index in [2.05, 4.69) is 34.7 Å². The number of aromatic nitrogens is 3. The highest BCUT2D eigenvalue weighted by atomic mass is 15.1. The number of nitrogens with zero attached hydrogens (tertiary/aromatic N) is 3. The Bertz CT molecular complexity index is 1000. The molecule has 0 spiro atoms. The van der Waals surface area contributed by atoms with E-state index in [4.69, 9.17) is 10.7 Å². The molecule has 2 N–H and O–H groups in total. The van der Waals surface area contributed by atoms with Crippen LogP contribution in [0.2, 0.25) is 0 Å². The zero-order valence-electron chi connectivity index (χ0n) is 13.7. The first-order valence-corrected chi connectivity index (χ1v) is 8.39. The minimum atomic E-state index is 0.496. The predicted molar refractivity (Wildman–Crippen MR) is 99.8 cm³/mol. The van der Waals surface area contributed by atoms with Gasteiger partial charge in [0.2, 0.25) is 0 Å². The Morgan fingerprint density at radius 3 is 2.50 bits per heavy atom. The number of anilines is 1. The molecule has 4 rings (SSSR count). The second kappa shape index (κ2) is 5.96. The minimum absolute atomic E-state index is 0.496. The molecule has 0 aliphatic rings. The number of rotatable bonds is 4. The molecule has 2 aromatic heterocycles. The first kappa shape index (κ1) is 14.7. The highest BCUT2D eigenvalue weighted by Crippen LogP contribution is 2.32. The summed E-state index contributed by atoms with van der Waals surface area (Å²) in [6.45, 7) is 3.13. The molecule has 4 aromatic rings. The molecule has 0 aliphatic heterocycles. The number of nitrogens with two attached hydrogens (primary N) is 1. The standard InChI is InChI=1S/C20H20N4/c1-2-3-13-24-18-15-11-7-8-12-16(15)22-19(21)17(18)23-20(24)14-9-5-4-6-10-14/h4-12H,2-3,13H2,1H3,(H2,21,22). The van der Waals surface area contributed by atoms with Crippen LogP contribution in [0.1, 0.15) is 19.8 Å². The fraction of sp³-hybridized carbons (Fsp3) is 0.200. The van der Waals surface area contributed by atoms with Gasteiger partial charge in [0.05, 0.1) is 11.0 Å². The Labute approximate surface area is 141 Å². The van der Waals surface area contributed by atoms with Gasteiger partial charge in [0, 0.05) is 17.5 Å². The maximum absolute atomic E-state index is 6.22. The third-order valence-corrected chi connectivity index (χ3v) is 4.38. The number of fused-ring (bicyclic) bond motifs is 3. The van der Waals surface area contributed by atoms with Gasteiger partial charge < -0.3 is 10.3 Å². The second-order valence-electron chi connectivity index (χ2n) is 6.02. The lowest BCUT2D eigenvalue weighted by molar-refractivity contribution is 0.652. The van der Waals surface area contributed by atoms with Crippen LogP contribution in [0.25, 0.3) is 33.3 Å². The average Bonchev–Trinajstić information content (AvgIpc) is 3.01. The first-order valence-electron chi connectivity index (χ1n) is 8.39. The van der Waals surface area contributed by atoms with E-state index < -0.39 is 0 Å². The molecule has 0 atom stereocenters. The number of pyridine rings is 1. The first-order chi connectivity index (χ1) is 11.8. The van der Waals surface area contributed by atoms with Crippen molar-refractivity contribution in [3.8, 4) is 11.4 Å². The number of aryl methyl sites for hydroxylation is 1. The molecule has 2 heterocycles. The van der Waals surface area contributed by atoms with Gasteiger partial charge >= 0.3 is 0 Å². The molecule has 0 fully saturated rings. The van der Waals surface area contributed by atoms with Crippen LogP contribution in [0.3, 0.4) is 0 Å². The Morgan fingerprint density at radius 1 is 0.958 bits per heavy atom. The van der Waals surface area contributed by atoms with Gasteiger partial charge in [-0.05, 0) is 12.5 Å². The van der Waals surface area contributed by atoms with E-state index in [0.29, 0.717) is 5.82 Å². The minimum Gasteiger partial charge on any atom is -0.382 e. The summed E-state index contributed by atoms with van der Waals surface area (Å²) in [5, 5.41) is 1.10. The van der Waals surface area contributed by atoms with Crippen LogP contribution in [0.5, 0.6) is 0 Å². The third kappa shape index (κ3) is 2.31. The molecular weight excluding hydrogens is 296 g/mol. The molecule has 0 aliphatic carbocycles. The van der Waals surface area contributed by atoms with Crippen molar-refractivity contribution in [2.45, 2.75) is 26.3 Å².